The van der Waals surface area contributed by atoms with E-state index >= 15 is 0 Å². The lowest BCUT2D eigenvalue weighted by Gasteiger charge is -2.36. The fourth-order valence-electron chi connectivity index (χ4n) is 4.28. The predicted molar refractivity (Wildman–Crippen MR) is 134 cm³/mol. The summed E-state index contributed by atoms with van der Waals surface area (Å²) in [5, 5.41) is 2.57. The normalized spacial score (nSPS) is 13.6. The van der Waals surface area contributed by atoms with Crippen LogP contribution in [-0.4, -0.2) is 23.4 Å². The third-order valence-electron chi connectivity index (χ3n) is 6.03. The van der Waals surface area contributed by atoms with Gasteiger partial charge in [-0.05, 0) is 48.4 Å². The van der Waals surface area contributed by atoms with Crippen molar-refractivity contribution in [3.05, 3.63) is 118 Å². The Morgan fingerprint density at radius 1 is 1.02 bits per heavy atom. The van der Waals surface area contributed by atoms with Gasteiger partial charge in [0.2, 0.25) is 5.76 Å². The number of carbonyl (C=O) groups is 1. The van der Waals surface area contributed by atoms with Crippen molar-refractivity contribution in [2.24, 2.45) is 0 Å². The number of rotatable bonds is 9. The predicted octanol–water partition coefficient (Wildman–Crippen LogP) is 7.95. The molecule has 0 spiro atoms. The van der Waals surface area contributed by atoms with E-state index in [0.717, 1.165) is 24.4 Å². The maximum Gasteiger partial charge on any atom is 0.461 e. The average molecular weight is 619 g/mol. The van der Waals surface area contributed by atoms with Gasteiger partial charge in [0.05, 0.1) is 16.3 Å². The first kappa shape index (κ1) is 30.8. The van der Waals surface area contributed by atoms with Crippen LogP contribution < -0.4 is 10.1 Å². The second-order valence-electron chi connectivity index (χ2n) is 9.12. The van der Waals surface area contributed by atoms with E-state index in [1.807, 2.05) is 0 Å². The highest BCUT2D eigenvalue weighted by Crippen LogP contribution is 2.39. The molecule has 1 atom stereocenters. The Balaban J connectivity index is 1.97. The molecule has 1 amide bonds. The molecular weight excluding hydrogens is 600 g/mol. The lowest BCUT2D eigenvalue weighted by molar-refractivity contribution is -0.253. The molecule has 0 fully saturated rings. The minimum atomic E-state index is -5.08. The number of nitrogens with zero attached hydrogens (tertiary/aromatic N) is 1. The molecule has 0 aliphatic heterocycles. The number of aromatic nitrogens is 1. The summed E-state index contributed by atoms with van der Waals surface area (Å²) in [6.07, 6.45) is -13.6. The van der Waals surface area contributed by atoms with Crippen LogP contribution in [0.25, 0.3) is 0 Å². The standard InChI is InChI=1S/C28H19ClF8N2O3/c1-15-9-21(23(41-15)27(33,34)35)24(40)39-26(13-16-5-3-2-4-6-16,22-8-7-18(29)14-38-22)17-10-19(30)12-20(11-17)42-28(36,37)25(31)32/h2-12,14,25H,13H2,1H3,(H,39,40)/t26-/m0/s1. The zero-order valence-electron chi connectivity index (χ0n) is 21.3. The highest BCUT2D eigenvalue weighted by Gasteiger charge is 2.46. The van der Waals surface area contributed by atoms with E-state index in [1.54, 1.807) is 30.3 Å². The van der Waals surface area contributed by atoms with Crippen LogP contribution in [0.15, 0.2) is 77.3 Å². The molecule has 4 aromatic rings. The molecule has 0 saturated heterocycles. The van der Waals surface area contributed by atoms with Gasteiger partial charge in [-0.15, -0.1) is 0 Å². The largest absolute Gasteiger partial charge is 0.461 e. The summed E-state index contributed by atoms with van der Waals surface area (Å²) >= 11 is 5.97. The smallest absolute Gasteiger partial charge is 0.456 e. The summed E-state index contributed by atoms with van der Waals surface area (Å²) in [4.78, 5) is 17.7. The number of furan rings is 1. The van der Waals surface area contributed by atoms with Gasteiger partial charge in [0.25, 0.3) is 5.91 Å². The molecule has 0 bridgehead atoms. The molecule has 14 heteroatoms. The monoisotopic (exact) mass is 618 g/mol. The Kier molecular flexibility index (Phi) is 8.53. The van der Waals surface area contributed by atoms with Crippen molar-refractivity contribution in [1.29, 1.82) is 0 Å². The molecule has 0 unspecified atom stereocenters. The Hall–Kier alpha value is -4.13. The molecular formula is C28H19ClF8N2O3. The lowest BCUT2D eigenvalue weighted by Crippen LogP contribution is -2.49. The number of hydrogen-bond acceptors (Lipinski definition) is 4. The minimum absolute atomic E-state index is 0.114. The zero-order chi connectivity index (χ0) is 30.9. The van der Waals surface area contributed by atoms with E-state index in [1.165, 1.54) is 19.1 Å². The first-order valence-electron chi connectivity index (χ1n) is 11.9. The van der Waals surface area contributed by atoms with Crippen LogP contribution in [0.1, 0.15) is 38.7 Å². The van der Waals surface area contributed by atoms with Crippen LogP contribution in [0.2, 0.25) is 5.02 Å². The van der Waals surface area contributed by atoms with Gasteiger partial charge < -0.3 is 14.5 Å². The van der Waals surface area contributed by atoms with Crippen molar-refractivity contribution in [2.45, 2.75) is 37.6 Å². The number of halogens is 9. The highest BCUT2D eigenvalue weighted by atomic mass is 35.5. The number of hydrogen-bond donors (Lipinski definition) is 1. The second-order valence-corrected chi connectivity index (χ2v) is 9.56. The Morgan fingerprint density at radius 2 is 1.71 bits per heavy atom. The molecule has 222 valence electrons. The third kappa shape index (κ3) is 6.67. The summed E-state index contributed by atoms with van der Waals surface area (Å²) < 4.78 is 118. The molecule has 0 saturated carbocycles. The molecule has 5 nitrogen and oxygen atoms in total. The Labute approximate surface area is 238 Å². The van der Waals surface area contributed by atoms with Gasteiger partial charge in [0, 0.05) is 18.7 Å². The van der Waals surface area contributed by atoms with Gasteiger partial charge in [0.1, 0.15) is 22.9 Å². The topological polar surface area (TPSA) is 64.4 Å². The van der Waals surface area contributed by atoms with Gasteiger partial charge in [-0.2, -0.15) is 30.7 Å². The van der Waals surface area contributed by atoms with Crippen molar-refractivity contribution in [3.63, 3.8) is 0 Å². The van der Waals surface area contributed by atoms with Crippen LogP contribution in [0.3, 0.4) is 0 Å². The van der Waals surface area contributed by atoms with Crippen molar-refractivity contribution >= 4 is 17.5 Å². The van der Waals surface area contributed by atoms with Crippen molar-refractivity contribution in [3.8, 4) is 5.75 Å². The maximum atomic E-state index is 14.9. The third-order valence-corrected chi connectivity index (χ3v) is 6.26. The van der Waals surface area contributed by atoms with Crippen LogP contribution in [0.4, 0.5) is 35.1 Å². The van der Waals surface area contributed by atoms with E-state index in [0.29, 0.717) is 11.6 Å². The number of amides is 1. The first-order chi connectivity index (χ1) is 19.6. The molecule has 42 heavy (non-hydrogen) atoms. The summed E-state index contributed by atoms with van der Waals surface area (Å²) in [7, 11) is 0. The quantitative estimate of drug-likeness (QED) is 0.193. The van der Waals surface area contributed by atoms with Crippen LogP contribution in [0.5, 0.6) is 5.75 Å². The summed E-state index contributed by atoms with van der Waals surface area (Å²) in [5.74, 6) is -5.51. The molecule has 2 aromatic carbocycles. The molecule has 0 aliphatic rings. The van der Waals surface area contributed by atoms with E-state index < -0.39 is 53.0 Å². The van der Waals surface area contributed by atoms with Crippen molar-refractivity contribution in [2.75, 3.05) is 0 Å². The number of alkyl halides is 7. The fraction of sp³-hybridized carbons (Fsp3) is 0.214. The van der Waals surface area contributed by atoms with Crippen LogP contribution >= 0.6 is 11.6 Å². The van der Waals surface area contributed by atoms with Crippen LogP contribution in [0, 0.1) is 12.7 Å². The molecule has 2 heterocycles. The van der Waals surface area contributed by atoms with E-state index in [4.69, 9.17) is 16.0 Å². The van der Waals surface area contributed by atoms with Crippen molar-refractivity contribution < 1.29 is 49.1 Å². The van der Waals surface area contributed by atoms with Gasteiger partial charge >= 0.3 is 18.7 Å². The number of nitrogens with one attached hydrogen (secondary N) is 1. The number of carbonyl (C=O) groups excluding carboxylic acids is 1. The zero-order valence-corrected chi connectivity index (χ0v) is 22.0. The van der Waals surface area contributed by atoms with Gasteiger partial charge in [0.15, 0.2) is 0 Å². The summed E-state index contributed by atoms with van der Waals surface area (Å²) in [6, 6.07) is 13.4. The number of benzene rings is 2. The van der Waals surface area contributed by atoms with Crippen molar-refractivity contribution in [1.82, 2.24) is 10.3 Å². The second kappa shape index (κ2) is 11.6. The minimum Gasteiger partial charge on any atom is -0.456 e. The van der Waals surface area contributed by atoms with E-state index in [2.05, 4.69) is 15.0 Å². The molecule has 0 radical (unpaired) electrons. The SMILES string of the molecule is Cc1cc(C(=O)N[C@@](Cc2ccccc2)(c2cc(F)cc(OC(F)(F)C(F)F)c2)c2ccc(Cl)cn2)c(C(F)(F)F)o1. The highest BCUT2D eigenvalue weighted by molar-refractivity contribution is 6.30. The lowest BCUT2D eigenvalue weighted by atomic mass is 9.80. The average Bonchev–Trinajstić information content (AvgIpc) is 3.31. The van der Waals surface area contributed by atoms with E-state index in [-0.39, 0.29) is 28.5 Å². The first-order valence-corrected chi connectivity index (χ1v) is 12.3. The molecule has 4 rings (SSSR count). The fourth-order valence-corrected chi connectivity index (χ4v) is 4.39. The van der Waals surface area contributed by atoms with E-state index in [9.17, 15) is 39.9 Å². The maximum absolute atomic E-state index is 14.9. The molecule has 2 aromatic heterocycles. The summed E-state index contributed by atoms with van der Waals surface area (Å²) in [6.45, 7) is 1.18. The van der Waals surface area contributed by atoms with Crippen LogP contribution in [-0.2, 0) is 18.1 Å². The number of pyridine rings is 1. The number of aryl methyl sites for hydroxylation is 1. The van der Waals surface area contributed by atoms with Gasteiger partial charge in [-0.1, -0.05) is 41.9 Å². The van der Waals surface area contributed by atoms with Gasteiger partial charge in [-0.25, -0.2) is 4.39 Å². The Morgan fingerprint density at radius 3 is 2.31 bits per heavy atom. The molecule has 0 aliphatic carbocycles. The molecule has 1 N–H and O–H groups in total. The number of ether oxygens (including phenoxy) is 1. The Bertz CT molecular complexity index is 1560. The summed E-state index contributed by atoms with van der Waals surface area (Å²) in [5.41, 5.74) is -3.09. The van der Waals surface area contributed by atoms with Gasteiger partial charge in [-0.3, -0.25) is 9.78 Å².